The first-order valence-electron chi connectivity index (χ1n) is 9.15. The number of fused-ring (bicyclic) bond motifs is 1. The molecule has 0 aliphatic rings. The van der Waals surface area contributed by atoms with Gasteiger partial charge in [0, 0.05) is 18.1 Å². The van der Waals surface area contributed by atoms with Crippen LogP contribution in [0.1, 0.15) is 11.3 Å². The molecule has 2 aromatic carbocycles. The molecule has 0 saturated carbocycles. The quantitative estimate of drug-likeness (QED) is 0.457. The number of benzene rings is 2. The predicted octanol–water partition coefficient (Wildman–Crippen LogP) is 4.31. The zero-order chi connectivity index (χ0) is 20.4. The van der Waals surface area contributed by atoms with Gasteiger partial charge in [0.25, 0.3) is 0 Å². The van der Waals surface area contributed by atoms with Crippen molar-refractivity contribution in [2.45, 2.75) is 13.5 Å². The van der Waals surface area contributed by atoms with Crippen LogP contribution >= 0.6 is 27.3 Å². The number of halogens is 1. The Morgan fingerprint density at radius 1 is 1.21 bits per heavy atom. The summed E-state index contributed by atoms with van der Waals surface area (Å²) in [6, 6.07) is 17.8. The Bertz CT molecular complexity index is 1150. The summed E-state index contributed by atoms with van der Waals surface area (Å²) in [5.41, 5.74) is 3.76. The standard InChI is InChI=1S/C21H20BrN5OS/c1-14-19-20(27(25-14)17-9-4-3-5-10-17)24-21(29-19)26(2)13-18(28)23-12-15-7-6-8-16(22)11-15/h3-11H,12-13H2,1-2H3,(H,23,28). The van der Waals surface area contributed by atoms with Gasteiger partial charge in [0.1, 0.15) is 0 Å². The number of carbonyl (C=O) groups is 1. The highest BCUT2D eigenvalue weighted by molar-refractivity contribution is 9.10. The smallest absolute Gasteiger partial charge is 0.239 e. The first-order valence-corrected chi connectivity index (χ1v) is 10.8. The molecule has 6 nitrogen and oxygen atoms in total. The van der Waals surface area contributed by atoms with Crippen LogP contribution in [-0.2, 0) is 11.3 Å². The number of likely N-dealkylation sites (N-methyl/N-ethyl adjacent to an activating group) is 1. The van der Waals surface area contributed by atoms with Gasteiger partial charge < -0.3 is 10.2 Å². The highest BCUT2D eigenvalue weighted by Crippen LogP contribution is 2.31. The number of rotatable bonds is 6. The van der Waals surface area contributed by atoms with Crippen molar-refractivity contribution in [2.75, 3.05) is 18.5 Å². The summed E-state index contributed by atoms with van der Waals surface area (Å²) < 4.78 is 3.88. The number of thiazole rings is 1. The monoisotopic (exact) mass is 469 g/mol. The van der Waals surface area contributed by atoms with E-state index in [4.69, 9.17) is 4.98 Å². The van der Waals surface area contributed by atoms with Gasteiger partial charge >= 0.3 is 0 Å². The van der Waals surface area contributed by atoms with E-state index in [1.807, 2.05) is 78.2 Å². The van der Waals surface area contributed by atoms with Crippen LogP contribution in [0.5, 0.6) is 0 Å². The Kier molecular flexibility index (Phi) is 5.64. The second-order valence-electron chi connectivity index (χ2n) is 6.74. The number of hydrogen-bond donors (Lipinski definition) is 1. The van der Waals surface area contributed by atoms with Crippen LogP contribution < -0.4 is 10.2 Å². The molecule has 2 aromatic heterocycles. The molecule has 2 heterocycles. The first kappa shape index (κ1) is 19.6. The molecule has 1 amide bonds. The fourth-order valence-corrected chi connectivity index (χ4v) is 4.42. The maximum atomic E-state index is 12.4. The van der Waals surface area contributed by atoms with Gasteiger partial charge in [-0.15, -0.1) is 0 Å². The number of carbonyl (C=O) groups excluding carboxylic acids is 1. The Morgan fingerprint density at radius 2 is 2.00 bits per heavy atom. The van der Waals surface area contributed by atoms with Crippen molar-refractivity contribution in [3.05, 3.63) is 70.3 Å². The summed E-state index contributed by atoms with van der Waals surface area (Å²) in [6.07, 6.45) is 0. The van der Waals surface area contributed by atoms with Crippen molar-refractivity contribution >= 4 is 48.7 Å². The zero-order valence-corrected chi connectivity index (χ0v) is 18.5. The topological polar surface area (TPSA) is 63.1 Å². The number of hydrogen-bond acceptors (Lipinski definition) is 5. The van der Waals surface area contributed by atoms with E-state index in [0.717, 1.165) is 36.9 Å². The molecule has 148 valence electrons. The molecule has 0 atom stereocenters. The van der Waals surface area contributed by atoms with Crippen LogP contribution in [0.15, 0.2) is 59.1 Å². The van der Waals surface area contributed by atoms with E-state index >= 15 is 0 Å². The molecule has 0 saturated heterocycles. The number of aromatic nitrogens is 3. The molecule has 0 unspecified atom stereocenters. The van der Waals surface area contributed by atoms with Gasteiger partial charge in [0.05, 0.1) is 22.6 Å². The van der Waals surface area contributed by atoms with Crippen LogP contribution in [-0.4, -0.2) is 34.3 Å². The van der Waals surface area contributed by atoms with Crippen LogP contribution in [0, 0.1) is 6.92 Å². The lowest BCUT2D eigenvalue weighted by Gasteiger charge is -2.15. The Labute approximate surface area is 181 Å². The SMILES string of the molecule is Cc1nn(-c2ccccc2)c2nc(N(C)CC(=O)NCc3cccc(Br)c3)sc12. The van der Waals surface area contributed by atoms with Crippen LogP contribution in [0.25, 0.3) is 16.0 Å². The largest absolute Gasteiger partial charge is 0.350 e. The van der Waals surface area contributed by atoms with Crippen molar-refractivity contribution in [1.82, 2.24) is 20.1 Å². The van der Waals surface area contributed by atoms with Crippen molar-refractivity contribution in [3.63, 3.8) is 0 Å². The van der Waals surface area contributed by atoms with Crippen molar-refractivity contribution in [2.24, 2.45) is 0 Å². The van der Waals surface area contributed by atoms with Gasteiger partial charge in [0.15, 0.2) is 10.8 Å². The lowest BCUT2D eigenvalue weighted by molar-refractivity contribution is -0.119. The Morgan fingerprint density at radius 3 is 2.76 bits per heavy atom. The number of nitrogens with one attached hydrogen (secondary N) is 1. The summed E-state index contributed by atoms with van der Waals surface area (Å²) in [5.74, 6) is -0.0480. The van der Waals surface area contributed by atoms with Crippen molar-refractivity contribution in [1.29, 1.82) is 0 Å². The summed E-state index contributed by atoms with van der Waals surface area (Å²) in [5, 5.41) is 8.37. The average molecular weight is 470 g/mol. The fourth-order valence-electron chi connectivity index (χ4n) is 3.02. The number of aryl methyl sites for hydroxylation is 1. The maximum Gasteiger partial charge on any atom is 0.239 e. The van der Waals surface area contributed by atoms with Gasteiger partial charge in [-0.1, -0.05) is 57.6 Å². The molecule has 0 aliphatic carbocycles. The van der Waals surface area contributed by atoms with Crippen molar-refractivity contribution < 1.29 is 4.79 Å². The van der Waals surface area contributed by atoms with Gasteiger partial charge in [-0.3, -0.25) is 4.79 Å². The molecule has 0 bridgehead atoms. The second kappa shape index (κ2) is 8.34. The molecule has 1 N–H and O–H groups in total. The molecule has 29 heavy (non-hydrogen) atoms. The number of nitrogens with zero attached hydrogens (tertiary/aromatic N) is 4. The van der Waals surface area contributed by atoms with Gasteiger partial charge in [0.2, 0.25) is 5.91 Å². The highest BCUT2D eigenvalue weighted by Gasteiger charge is 2.18. The third kappa shape index (κ3) is 4.33. The number of amides is 1. The van der Waals surface area contributed by atoms with Crippen LogP contribution in [0.3, 0.4) is 0 Å². The van der Waals surface area contributed by atoms with E-state index in [1.54, 1.807) is 11.3 Å². The zero-order valence-electron chi connectivity index (χ0n) is 16.1. The van der Waals surface area contributed by atoms with Gasteiger partial charge in [-0.05, 0) is 36.8 Å². The molecule has 8 heteroatoms. The fraction of sp³-hybridized carbons (Fsp3) is 0.190. The summed E-state index contributed by atoms with van der Waals surface area (Å²) in [6.45, 7) is 2.71. The summed E-state index contributed by atoms with van der Waals surface area (Å²) in [7, 11) is 1.88. The van der Waals surface area contributed by atoms with Gasteiger partial charge in [-0.2, -0.15) is 10.1 Å². The van der Waals surface area contributed by atoms with Crippen molar-refractivity contribution in [3.8, 4) is 5.69 Å². The summed E-state index contributed by atoms with van der Waals surface area (Å²) >= 11 is 5.00. The second-order valence-corrected chi connectivity index (χ2v) is 8.64. The molecule has 4 rings (SSSR count). The lowest BCUT2D eigenvalue weighted by atomic mass is 10.2. The number of anilines is 1. The van der Waals surface area contributed by atoms with E-state index in [0.29, 0.717) is 6.54 Å². The predicted molar refractivity (Wildman–Crippen MR) is 121 cm³/mol. The highest BCUT2D eigenvalue weighted by atomic mass is 79.9. The average Bonchev–Trinajstić information content (AvgIpc) is 3.28. The van der Waals surface area contributed by atoms with Crippen LogP contribution in [0.4, 0.5) is 5.13 Å². The van der Waals surface area contributed by atoms with E-state index in [2.05, 4.69) is 26.3 Å². The molecule has 4 aromatic rings. The van der Waals surface area contributed by atoms with E-state index < -0.39 is 0 Å². The first-order chi connectivity index (χ1) is 14.0. The lowest BCUT2D eigenvalue weighted by Crippen LogP contribution is -2.34. The normalized spacial score (nSPS) is 11.0. The molecule has 0 aliphatic heterocycles. The Hall–Kier alpha value is -2.71. The van der Waals surface area contributed by atoms with Crippen LogP contribution in [0.2, 0.25) is 0 Å². The molecule has 0 radical (unpaired) electrons. The molecular formula is C21H20BrN5OS. The van der Waals surface area contributed by atoms with Gasteiger partial charge in [-0.25, -0.2) is 4.68 Å². The summed E-state index contributed by atoms with van der Waals surface area (Å²) in [4.78, 5) is 19.0. The number of para-hydroxylation sites is 1. The van der Waals surface area contributed by atoms with E-state index in [1.165, 1.54) is 0 Å². The molecule has 0 fully saturated rings. The minimum Gasteiger partial charge on any atom is -0.350 e. The minimum atomic E-state index is -0.0480. The molecular weight excluding hydrogens is 450 g/mol. The minimum absolute atomic E-state index is 0.0480. The third-order valence-electron chi connectivity index (χ3n) is 4.46. The van der Waals surface area contributed by atoms with E-state index in [9.17, 15) is 4.79 Å². The Balaban J connectivity index is 1.47. The maximum absolute atomic E-state index is 12.4. The van der Waals surface area contributed by atoms with E-state index in [-0.39, 0.29) is 12.5 Å². The molecule has 0 spiro atoms. The third-order valence-corrected chi connectivity index (χ3v) is 6.22.